The van der Waals surface area contributed by atoms with Crippen molar-refractivity contribution >= 4 is 11.7 Å². The van der Waals surface area contributed by atoms with Crippen molar-refractivity contribution in [2.45, 2.75) is 19.4 Å². The van der Waals surface area contributed by atoms with E-state index in [0.717, 1.165) is 0 Å². The Kier molecular flexibility index (Phi) is 4.58. The Hall–Kier alpha value is -2.19. The summed E-state index contributed by atoms with van der Waals surface area (Å²) in [6, 6.07) is 2.04. The second kappa shape index (κ2) is 5.94. The number of nitrogens with two attached hydrogens (primary N) is 1. The first-order valence-electron chi connectivity index (χ1n) is 5.35. The molecule has 1 atom stereocenters. The van der Waals surface area contributed by atoms with E-state index in [4.69, 9.17) is 15.7 Å². The molecule has 1 amide bonds. The zero-order valence-electron chi connectivity index (χ0n) is 10.3. The number of hydrogen-bond acceptors (Lipinski definition) is 4. The van der Waals surface area contributed by atoms with Gasteiger partial charge in [0, 0.05) is 19.1 Å². The number of nitrogens with zero attached hydrogens (tertiary/aromatic N) is 1. The first-order chi connectivity index (χ1) is 8.49. The van der Waals surface area contributed by atoms with Crippen LogP contribution in [0.4, 0.5) is 0 Å². The largest absolute Gasteiger partial charge is 0.376 e. The van der Waals surface area contributed by atoms with Crippen LogP contribution < -0.4 is 5.73 Å². The van der Waals surface area contributed by atoms with Crippen LogP contribution in [0.5, 0.6) is 0 Å². The zero-order chi connectivity index (χ0) is 13.7. The fraction of sp³-hybridized carbons (Fsp3) is 0.308. The van der Waals surface area contributed by atoms with Gasteiger partial charge in [0.15, 0.2) is 5.78 Å². The van der Waals surface area contributed by atoms with Gasteiger partial charge in [0.1, 0.15) is 0 Å². The number of ketones is 1. The summed E-state index contributed by atoms with van der Waals surface area (Å²) in [5.41, 5.74) is 6.30. The van der Waals surface area contributed by atoms with Crippen molar-refractivity contribution in [3.63, 3.8) is 0 Å². The lowest BCUT2D eigenvalue weighted by Gasteiger charge is -2.19. The molecular weight excluding hydrogens is 232 g/mol. The van der Waals surface area contributed by atoms with Gasteiger partial charge in [-0.3, -0.25) is 9.59 Å². The van der Waals surface area contributed by atoms with E-state index in [0.29, 0.717) is 17.6 Å². The van der Waals surface area contributed by atoms with Crippen LogP contribution in [0.25, 0.3) is 0 Å². The molecule has 5 nitrogen and oxygen atoms in total. The second-order valence-electron chi connectivity index (χ2n) is 3.88. The molecule has 0 aliphatic heterocycles. The monoisotopic (exact) mass is 246 g/mol. The van der Waals surface area contributed by atoms with Crippen LogP contribution in [0.15, 0.2) is 34.9 Å². The number of carbonyl (C=O) groups is 2. The van der Waals surface area contributed by atoms with Gasteiger partial charge >= 0.3 is 0 Å². The zero-order valence-corrected chi connectivity index (χ0v) is 10.3. The highest BCUT2D eigenvalue weighted by Crippen LogP contribution is 2.23. The van der Waals surface area contributed by atoms with Crippen LogP contribution in [0, 0.1) is 11.3 Å². The number of ether oxygens (including phenoxy) is 1. The van der Waals surface area contributed by atoms with E-state index < -0.39 is 11.7 Å². The summed E-state index contributed by atoms with van der Waals surface area (Å²) >= 11 is 0. The smallest absolute Gasteiger partial charge is 0.252 e. The first kappa shape index (κ1) is 13.9. The lowest BCUT2D eigenvalue weighted by Crippen LogP contribution is -2.22. The molecule has 0 heterocycles. The summed E-state index contributed by atoms with van der Waals surface area (Å²) < 4.78 is 5.23. The van der Waals surface area contributed by atoms with Gasteiger partial charge in [0.2, 0.25) is 0 Å². The van der Waals surface area contributed by atoms with E-state index in [2.05, 4.69) is 0 Å². The predicted octanol–water partition coefficient (Wildman–Crippen LogP) is 0.782. The van der Waals surface area contributed by atoms with Crippen molar-refractivity contribution in [3.8, 4) is 6.07 Å². The minimum absolute atomic E-state index is 0.0721. The number of Topliss-reactive ketones (excluding diaryl/α,β-unsaturated/α-hetero) is 1. The Morgan fingerprint density at radius 2 is 2.22 bits per heavy atom. The molecule has 0 aromatic carbocycles. The molecule has 0 aromatic rings. The number of carbonyl (C=O) groups excluding carboxylic acids is 2. The Morgan fingerprint density at radius 1 is 1.56 bits per heavy atom. The third-order valence-electron chi connectivity index (χ3n) is 2.64. The molecular formula is C13H14N2O3. The molecule has 94 valence electrons. The van der Waals surface area contributed by atoms with Gasteiger partial charge in [-0.2, -0.15) is 5.26 Å². The molecule has 2 N–H and O–H groups in total. The van der Waals surface area contributed by atoms with Crippen LogP contribution in [-0.4, -0.2) is 24.9 Å². The van der Waals surface area contributed by atoms with Crippen molar-refractivity contribution in [2.75, 3.05) is 7.11 Å². The predicted molar refractivity (Wildman–Crippen MR) is 65.2 cm³/mol. The standard InChI is InChI=1S/C13H14N2O3/c1-8(16)11(13(15)17)6-10-4-3-9(7-14)5-12(10)18-2/h3-4,6,12H,5H2,1-2H3,(H2,15,17)/b11-6+. The summed E-state index contributed by atoms with van der Waals surface area (Å²) in [6.45, 7) is 1.28. The van der Waals surface area contributed by atoms with E-state index in [9.17, 15) is 9.59 Å². The number of hydrogen-bond donors (Lipinski definition) is 1. The van der Waals surface area contributed by atoms with E-state index >= 15 is 0 Å². The Balaban J connectivity index is 3.15. The van der Waals surface area contributed by atoms with Crippen LogP contribution in [0.2, 0.25) is 0 Å². The fourth-order valence-electron chi connectivity index (χ4n) is 1.65. The van der Waals surface area contributed by atoms with Gasteiger partial charge in [0.25, 0.3) is 5.91 Å². The van der Waals surface area contributed by atoms with E-state index in [-0.39, 0.29) is 11.7 Å². The van der Waals surface area contributed by atoms with Crippen molar-refractivity contribution in [1.29, 1.82) is 5.26 Å². The van der Waals surface area contributed by atoms with Crippen LogP contribution in [0.1, 0.15) is 13.3 Å². The molecule has 5 heteroatoms. The normalized spacial score (nSPS) is 19.6. The Bertz CT molecular complexity index is 491. The van der Waals surface area contributed by atoms with Gasteiger partial charge < -0.3 is 10.5 Å². The van der Waals surface area contributed by atoms with Crippen molar-refractivity contribution in [1.82, 2.24) is 0 Å². The van der Waals surface area contributed by atoms with E-state index in [1.54, 1.807) is 12.2 Å². The molecule has 0 fully saturated rings. The molecule has 1 aliphatic carbocycles. The van der Waals surface area contributed by atoms with Crippen molar-refractivity contribution < 1.29 is 14.3 Å². The lowest BCUT2D eigenvalue weighted by atomic mass is 9.93. The van der Waals surface area contributed by atoms with Crippen LogP contribution in [-0.2, 0) is 14.3 Å². The molecule has 0 radical (unpaired) electrons. The van der Waals surface area contributed by atoms with Gasteiger partial charge in [0.05, 0.1) is 17.7 Å². The maximum Gasteiger partial charge on any atom is 0.252 e. The molecule has 1 aliphatic rings. The number of nitriles is 1. The van der Waals surface area contributed by atoms with Crippen molar-refractivity contribution in [3.05, 3.63) is 34.9 Å². The number of rotatable bonds is 4. The molecule has 0 bridgehead atoms. The van der Waals surface area contributed by atoms with E-state index in [1.165, 1.54) is 20.1 Å². The summed E-state index contributed by atoms with van der Waals surface area (Å²) in [5.74, 6) is -1.17. The molecule has 1 unspecified atom stereocenters. The van der Waals surface area contributed by atoms with Gasteiger partial charge in [-0.05, 0) is 24.6 Å². The average molecular weight is 246 g/mol. The van der Waals surface area contributed by atoms with Gasteiger partial charge in [-0.1, -0.05) is 6.08 Å². The summed E-state index contributed by atoms with van der Waals surface area (Å²) in [5, 5.41) is 8.80. The summed E-state index contributed by atoms with van der Waals surface area (Å²) in [4.78, 5) is 22.4. The molecule has 1 rings (SSSR count). The van der Waals surface area contributed by atoms with E-state index in [1.807, 2.05) is 6.07 Å². The van der Waals surface area contributed by atoms with Gasteiger partial charge in [-0.15, -0.1) is 0 Å². The van der Waals surface area contributed by atoms with Gasteiger partial charge in [-0.25, -0.2) is 0 Å². The Morgan fingerprint density at radius 3 is 2.67 bits per heavy atom. The molecule has 0 spiro atoms. The van der Waals surface area contributed by atoms with Crippen LogP contribution in [0.3, 0.4) is 0 Å². The highest BCUT2D eigenvalue weighted by molar-refractivity contribution is 6.18. The summed E-state index contributed by atoms with van der Waals surface area (Å²) in [7, 11) is 1.50. The number of methoxy groups -OCH3 is 1. The Labute approximate surface area is 105 Å². The highest BCUT2D eigenvalue weighted by atomic mass is 16.5. The van der Waals surface area contributed by atoms with Crippen molar-refractivity contribution in [2.24, 2.45) is 5.73 Å². The lowest BCUT2D eigenvalue weighted by molar-refractivity contribution is -0.119. The average Bonchev–Trinajstić information content (AvgIpc) is 2.34. The molecule has 0 saturated carbocycles. The maximum atomic E-state index is 11.3. The quantitative estimate of drug-likeness (QED) is 0.450. The third-order valence-corrected chi connectivity index (χ3v) is 2.64. The minimum atomic E-state index is -0.770. The number of allylic oxidation sites excluding steroid dienone is 2. The number of amides is 1. The summed E-state index contributed by atoms with van der Waals surface area (Å²) in [6.07, 6.45) is 4.78. The molecule has 0 saturated heterocycles. The minimum Gasteiger partial charge on any atom is -0.376 e. The molecule has 18 heavy (non-hydrogen) atoms. The fourth-order valence-corrected chi connectivity index (χ4v) is 1.65. The number of primary amides is 1. The first-order valence-corrected chi connectivity index (χ1v) is 5.35. The SMILES string of the molecule is COC1CC(C#N)=CC=C1/C=C(\C(C)=O)C(N)=O. The third kappa shape index (κ3) is 3.15. The van der Waals surface area contributed by atoms with Crippen LogP contribution >= 0.6 is 0 Å². The maximum absolute atomic E-state index is 11.3. The molecule has 0 aromatic heterocycles. The topological polar surface area (TPSA) is 93.2 Å². The highest BCUT2D eigenvalue weighted by Gasteiger charge is 2.20. The second-order valence-corrected chi connectivity index (χ2v) is 3.88.